The summed E-state index contributed by atoms with van der Waals surface area (Å²) in [6, 6.07) is 0. The van der Waals surface area contributed by atoms with E-state index in [-0.39, 0.29) is 102 Å². The molecular weight excluding hydrogens is 774 g/mol. The number of phosphoric ester groups is 1. The maximum absolute atomic E-state index is 11.3. The number of phosphoric acid groups is 2. The van der Waals surface area contributed by atoms with Gasteiger partial charge in [0.2, 0.25) is 0 Å². The molecule has 0 amide bonds. The van der Waals surface area contributed by atoms with E-state index in [4.69, 9.17) is 56.4 Å². The molecule has 17 N–H and O–H groups in total. The average molecular weight is 827 g/mol. The Hall–Kier alpha value is -2.07. The van der Waals surface area contributed by atoms with E-state index < -0.39 is 46.8 Å². The van der Waals surface area contributed by atoms with Crippen molar-refractivity contribution < 1.29 is 118 Å². The largest absolute Gasteiger partial charge is 0.790 e. The normalized spacial score (nSPS) is 19.9. The smallest absolute Gasteiger partial charge is 0.271 e. The van der Waals surface area contributed by atoms with Gasteiger partial charge in [-0.2, -0.15) is 0 Å². The third-order valence-electron chi connectivity index (χ3n) is 6.67. The number of fused-ring (bicyclic) bond motifs is 1. The molecule has 0 radical (unpaired) electrons. The summed E-state index contributed by atoms with van der Waals surface area (Å²) in [4.78, 5) is 43.7. The molecule has 53 heavy (non-hydrogen) atoms. The quantitative estimate of drug-likeness (QED) is 0.0450. The number of quaternary nitrogens is 3. The molecule has 1 aliphatic heterocycles. The van der Waals surface area contributed by atoms with Crippen LogP contribution in [-0.2, 0) is 22.7 Å². The van der Waals surface area contributed by atoms with Gasteiger partial charge in [0.15, 0.2) is 78.3 Å². The zero-order chi connectivity index (χ0) is 39.8. The van der Waals surface area contributed by atoms with Gasteiger partial charge in [-0.1, -0.05) is 0 Å². The minimum atomic E-state index is -5.85. The third kappa shape index (κ3) is 18.0. The Kier molecular flexibility index (Phi) is 25.5. The maximum Gasteiger partial charge on any atom is 0.271 e. The number of anilines is 1. The topological polar surface area (TPSA) is 486 Å². The van der Waals surface area contributed by atoms with Crippen molar-refractivity contribution in [1.82, 2.24) is 19.5 Å². The molecule has 31 heteroatoms. The van der Waals surface area contributed by atoms with E-state index in [0.717, 1.165) is 6.33 Å². The zero-order valence-corrected chi connectivity index (χ0v) is 30.6. The van der Waals surface area contributed by atoms with E-state index in [0.29, 0.717) is 0 Å². The molecule has 0 aromatic carbocycles. The fraction of sp³-hybridized carbons (Fsp3) is 0.773. The molecule has 29 nitrogen and oxygen atoms in total. The summed E-state index contributed by atoms with van der Waals surface area (Å²) in [6.07, 6.45) is -3.48. The number of nitrogens with two attached hydrogens (primary N) is 1. The Bertz CT molecular complexity index is 1310. The summed E-state index contributed by atoms with van der Waals surface area (Å²) >= 11 is 0. The van der Waals surface area contributed by atoms with Crippen LogP contribution in [0.1, 0.15) is 6.23 Å². The lowest BCUT2D eigenvalue weighted by Gasteiger charge is -2.35. The molecule has 0 aliphatic carbocycles. The fourth-order valence-electron chi connectivity index (χ4n) is 2.87. The molecule has 1 unspecified atom stereocenters. The minimum absolute atomic E-state index is 0. The summed E-state index contributed by atoms with van der Waals surface area (Å²) in [7, 11) is -6.73. The second kappa shape index (κ2) is 24.4. The van der Waals surface area contributed by atoms with Crippen LogP contribution in [0.15, 0.2) is 12.7 Å². The lowest BCUT2D eigenvalue weighted by atomic mass is 10.1. The second-order valence-corrected chi connectivity index (χ2v) is 14.2. The van der Waals surface area contributed by atoms with Crippen LogP contribution in [0.2, 0.25) is 0 Å². The van der Waals surface area contributed by atoms with E-state index in [2.05, 4.69) is 23.8 Å². The Labute approximate surface area is 301 Å². The van der Waals surface area contributed by atoms with Crippen molar-refractivity contribution >= 4 is 32.6 Å². The molecular formula is C22H52N8O21P2. The molecule has 3 rings (SSSR count). The summed E-state index contributed by atoms with van der Waals surface area (Å²) in [5.41, 5.74) is 6.04. The first-order valence-corrected chi connectivity index (χ1v) is 17.1. The lowest BCUT2D eigenvalue weighted by molar-refractivity contribution is -0.960. The van der Waals surface area contributed by atoms with Gasteiger partial charge in [0.25, 0.3) is 7.82 Å². The number of aliphatic hydroxyl groups excluding tert-OH is 11. The zero-order valence-electron chi connectivity index (χ0n) is 28.8. The predicted molar refractivity (Wildman–Crippen MR) is 167 cm³/mol. The number of nitrogens with zero attached hydrogens (tertiary/aromatic N) is 7. The standard InChI is InChI=1S/C10H15N5O10P2.3C4H12NO3.2H2O/c11-8-5-9(13-2-12-8)15(3-14-5)10-7(17)6(16)4(24-10)1-23-27(21,22)25-26(18,19)20;3*1-5(2-6,3-7)4-8;;/h2-4,6-7,10,16-17H,1H2,(H,21,22)(H2,11,12,13)(H2,18,19,20);3*6-8H,2-4H2,1H3;2*1H2/q;3*+1;;/p-3/t4-,6-,7-,10-;;;;;/m1...../s1. The number of aliphatic hydroxyl groups is 11. The Morgan fingerprint density at radius 2 is 1.15 bits per heavy atom. The number of hydrogen-bond acceptors (Lipinski definition) is 23. The summed E-state index contributed by atoms with van der Waals surface area (Å²) in [6.45, 7) is -3.12. The fourth-order valence-corrected chi connectivity index (χ4v) is 4.36. The lowest BCUT2D eigenvalue weighted by Crippen LogP contribution is -2.46. The van der Waals surface area contributed by atoms with Crippen LogP contribution >= 0.6 is 15.6 Å². The highest BCUT2D eigenvalue weighted by Gasteiger charge is 2.45. The van der Waals surface area contributed by atoms with Crippen molar-refractivity contribution in [1.29, 1.82) is 0 Å². The molecule has 5 atom stereocenters. The Morgan fingerprint density at radius 3 is 1.49 bits per heavy atom. The first kappa shape index (κ1) is 55.3. The van der Waals surface area contributed by atoms with Gasteiger partial charge >= 0.3 is 0 Å². The number of nitrogen functional groups attached to an aromatic ring is 1. The van der Waals surface area contributed by atoms with Crippen LogP contribution in [0, 0.1) is 0 Å². The van der Waals surface area contributed by atoms with Gasteiger partial charge in [0.1, 0.15) is 30.2 Å². The third-order valence-corrected chi connectivity index (χ3v) is 8.73. The van der Waals surface area contributed by atoms with Crippen LogP contribution in [0.4, 0.5) is 5.82 Å². The minimum Gasteiger partial charge on any atom is -0.790 e. The van der Waals surface area contributed by atoms with Crippen molar-refractivity contribution in [3.63, 3.8) is 0 Å². The highest BCUT2D eigenvalue weighted by atomic mass is 31.3. The molecule has 2 aromatic heterocycles. The van der Waals surface area contributed by atoms with E-state index in [9.17, 15) is 34.0 Å². The van der Waals surface area contributed by atoms with Gasteiger partial charge in [-0.3, -0.25) is 26.9 Å². The maximum atomic E-state index is 11.3. The van der Waals surface area contributed by atoms with Crippen LogP contribution in [0.5, 0.6) is 0 Å². The monoisotopic (exact) mass is 826 g/mol. The molecule has 2 aromatic rings. The van der Waals surface area contributed by atoms with Gasteiger partial charge in [0.05, 0.1) is 41.9 Å². The molecule has 0 saturated carbocycles. The molecule has 0 bridgehead atoms. The highest BCUT2D eigenvalue weighted by Crippen LogP contribution is 2.50. The number of rotatable bonds is 15. The van der Waals surface area contributed by atoms with Gasteiger partial charge in [0, 0.05) is 0 Å². The van der Waals surface area contributed by atoms with E-state index in [1.165, 1.54) is 10.9 Å². The first-order chi connectivity index (χ1) is 23.5. The number of ether oxygens (including phenoxy) is 1. The summed E-state index contributed by atoms with van der Waals surface area (Å²) in [5, 5.41) is 96.1. The van der Waals surface area contributed by atoms with Gasteiger partial charge in [-0.15, -0.1) is 0 Å². The van der Waals surface area contributed by atoms with E-state index >= 15 is 0 Å². The van der Waals surface area contributed by atoms with Crippen molar-refractivity contribution in [2.24, 2.45) is 0 Å². The molecule has 1 saturated heterocycles. The summed E-state index contributed by atoms with van der Waals surface area (Å²) in [5.74, 6) is 0.0655. The van der Waals surface area contributed by atoms with Crippen molar-refractivity contribution in [3.8, 4) is 0 Å². The molecule has 0 spiro atoms. The SMILES string of the molecule is C[N+](CO)(CO)CO.C[N+](CO)(CO)CO.C[N+](CO)(CO)CO.Nc1ncnc2c1ncn2[C@@H]1O[C@H](COP(=O)([O-])OP(=O)([O-])[O-])[C@@H](O)[C@H]1O.O.O. The van der Waals surface area contributed by atoms with Crippen LogP contribution < -0.4 is 20.4 Å². The van der Waals surface area contributed by atoms with Gasteiger partial charge < -0.3 is 101 Å². The van der Waals surface area contributed by atoms with Crippen molar-refractivity contribution in [3.05, 3.63) is 12.7 Å². The molecule has 3 heterocycles. The van der Waals surface area contributed by atoms with Crippen molar-refractivity contribution in [2.75, 3.05) is 94.1 Å². The first-order valence-electron chi connectivity index (χ1n) is 14.2. The Morgan fingerprint density at radius 1 is 0.755 bits per heavy atom. The molecule has 1 fully saturated rings. The predicted octanol–water partition coefficient (Wildman–Crippen LogP) is -10.4. The van der Waals surface area contributed by atoms with Crippen molar-refractivity contribution in [2.45, 2.75) is 24.5 Å². The van der Waals surface area contributed by atoms with Crippen LogP contribution in [0.3, 0.4) is 0 Å². The van der Waals surface area contributed by atoms with E-state index in [1.54, 1.807) is 21.1 Å². The van der Waals surface area contributed by atoms with E-state index in [1.807, 2.05) is 0 Å². The number of hydrogen-bond donors (Lipinski definition) is 12. The second-order valence-electron chi connectivity index (χ2n) is 11.5. The summed E-state index contributed by atoms with van der Waals surface area (Å²) < 4.78 is 35.4. The van der Waals surface area contributed by atoms with Gasteiger partial charge in [-0.25, -0.2) is 15.0 Å². The Balaban J connectivity index is -0.000000791. The highest BCUT2D eigenvalue weighted by molar-refractivity contribution is 7.58. The molecule has 316 valence electrons. The molecule has 1 aliphatic rings. The number of imidazole rings is 1. The number of aromatic nitrogens is 4. The van der Waals surface area contributed by atoms with Crippen LogP contribution in [-0.4, -0.2) is 207 Å². The van der Waals surface area contributed by atoms with Crippen LogP contribution in [0.25, 0.3) is 11.2 Å². The average Bonchev–Trinajstić information content (AvgIpc) is 3.66. The van der Waals surface area contributed by atoms with Gasteiger partial charge in [-0.05, 0) is 0 Å².